The molecular weight excluding hydrogens is 556 g/mol. The van der Waals surface area contributed by atoms with E-state index >= 15 is 0 Å². The van der Waals surface area contributed by atoms with E-state index in [1.165, 1.54) is 51.4 Å². The number of amides is 1. The number of ether oxygens (including phenoxy) is 2. The highest BCUT2D eigenvalue weighted by atomic mass is 16.7. The molecule has 0 aromatic rings. The van der Waals surface area contributed by atoms with Gasteiger partial charge in [-0.25, -0.2) is 0 Å². The van der Waals surface area contributed by atoms with Crippen molar-refractivity contribution in [3.05, 3.63) is 4.91 Å². The maximum atomic E-state index is 12.7. The lowest BCUT2D eigenvalue weighted by atomic mass is 9.97. The van der Waals surface area contributed by atoms with E-state index in [2.05, 4.69) is 24.3 Å². The molecule has 0 aromatic carbocycles. The van der Waals surface area contributed by atoms with Crippen LogP contribution in [-0.4, -0.2) is 93.5 Å². The Hall–Kier alpha value is -1.21. The summed E-state index contributed by atoms with van der Waals surface area (Å²) in [5, 5.41) is 56.7. The maximum Gasteiger partial charge on any atom is 0.220 e. The fraction of sp³-hybridized carbons (Fsp3) is 0.969. The minimum absolute atomic E-state index is 0.251. The second-order valence-corrected chi connectivity index (χ2v) is 12.2. The molecule has 0 spiro atoms. The SMILES string of the molecule is CCCCCCCCCCCCCCC(O)C(N=O)C(COC1OC(CO)C(O)C(O)C1O)NC(=O)CCCCCCC. The van der Waals surface area contributed by atoms with Gasteiger partial charge in [0.15, 0.2) is 6.29 Å². The third kappa shape index (κ3) is 16.6. The first-order valence-corrected chi connectivity index (χ1v) is 17.0. The van der Waals surface area contributed by atoms with Crippen molar-refractivity contribution in [1.29, 1.82) is 0 Å². The van der Waals surface area contributed by atoms with Crippen LogP contribution in [0, 0.1) is 4.91 Å². The van der Waals surface area contributed by atoms with E-state index < -0.39 is 55.5 Å². The van der Waals surface area contributed by atoms with Gasteiger partial charge in [-0.3, -0.25) is 4.79 Å². The zero-order valence-corrected chi connectivity index (χ0v) is 26.8. The predicted octanol–water partition coefficient (Wildman–Crippen LogP) is 4.24. The third-order valence-electron chi connectivity index (χ3n) is 8.42. The lowest BCUT2D eigenvalue weighted by molar-refractivity contribution is -0.302. The Bertz CT molecular complexity index is 700. The zero-order valence-electron chi connectivity index (χ0n) is 26.8. The largest absolute Gasteiger partial charge is 0.394 e. The van der Waals surface area contributed by atoms with E-state index in [0.717, 1.165) is 51.4 Å². The standard InChI is InChI=1S/C32H62N2O9/c1-3-5-7-9-10-11-12-13-14-15-17-18-20-25(36)28(34-41)24(33-27(37)21-19-16-8-6-4-2)23-42-32-31(40)30(39)29(38)26(22-35)43-32/h24-26,28-32,35-36,38-40H,3-23H2,1-2H3,(H,33,37). The van der Waals surface area contributed by atoms with Crippen molar-refractivity contribution in [1.82, 2.24) is 5.32 Å². The number of nitrogens with zero attached hydrogens (tertiary/aromatic N) is 1. The Morgan fingerprint density at radius 3 is 1.81 bits per heavy atom. The topological polar surface area (TPSA) is 178 Å². The molecule has 11 nitrogen and oxygen atoms in total. The lowest BCUT2D eigenvalue weighted by Gasteiger charge is -2.40. The molecule has 1 heterocycles. The van der Waals surface area contributed by atoms with E-state index in [1.54, 1.807) is 0 Å². The number of nitroso groups, excluding NO2 is 1. The summed E-state index contributed by atoms with van der Waals surface area (Å²) in [6, 6.07) is -2.19. The normalized spacial score (nSPS) is 24.4. The van der Waals surface area contributed by atoms with Crippen LogP contribution >= 0.6 is 0 Å². The predicted molar refractivity (Wildman–Crippen MR) is 166 cm³/mol. The summed E-state index contributed by atoms with van der Waals surface area (Å²) in [6.07, 6.45) is 11.1. The number of hydrogen-bond acceptors (Lipinski definition) is 10. The van der Waals surface area contributed by atoms with Crippen LogP contribution in [0.1, 0.15) is 136 Å². The molecule has 0 radical (unpaired) electrons. The second-order valence-electron chi connectivity index (χ2n) is 12.2. The van der Waals surface area contributed by atoms with Gasteiger partial charge in [-0.2, -0.15) is 4.91 Å². The quantitative estimate of drug-likeness (QED) is 0.0580. The van der Waals surface area contributed by atoms with Gasteiger partial charge in [0.25, 0.3) is 0 Å². The van der Waals surface area contributed by atoms with Crippen molar-refractivity contribution >= 4 is 5.91 Å². The zero-order chi connectivity index (χ0) is 31.9. The number of aliphatic hydroxyl groups excluding tert-OH is 5. The Morgan fingerprint density at radius 1 is 0.791 bits per heavy atom. The van der Waals surface area contributed by atoms with Gasteiger partial charge in [0.1, 0.15) is 30.5 Å². The second kappa shape index (κ2) is 25.0. The summed E-state index contributed by atoms with van der Waals surface area (Å²) in [6.45, 7) is 3.39. The smallest absolute Gasteiger partial charge is 0.220 e. The van der Waals surface area contributed by atoms with Crippen LogP contribution in [0.2, 0.25) is 0 Å². The van der Waals surface area contributed by atoms with Crippen LogP contribution in [0.3, 0.4) is 0 Å². The maximum absolute atomic E-state index is 12.7. The molecule has 1 aliphatic rings. The van der Waals surface area contributed by atoms with Crippen molar-refractivity contribution in [3.8, 4) is 0 Å². The number of nitrogens with one attached hydrogen (secondary N) is 1. The van der Waals surface area contributed by atoms with Gasteiger partial charge in [0.2, 0.25) is 5.91 Å². The molecule has 1 amide bonds. The third-order valence-corrected chi connectivity index (χ3v) is 8.42. The minimum atomic E-state index is -1.62. The van der Waals surface area contributed by atoms with Crippen LogP contribution in [-0.2, 0) is 14.3 Å². The Labute approximate surface area is 259 Å². The fourth-order valence-electron chi connectivity index (χ4n) is 5.57. The average molecular weight is 619 g/mol. The molecule has 6 N–H and O–H groups in total. The average Bonchev–Trinajstić information content (AvgIpc) is 3.00. The summed E-state index contributed by atoms with van der Waals surface area (Å²) in [5.74, 6) is -0.301. The van der Waals surface area contributed by atoms with E-state index in [-0.39, 0.29) is 18.9 Å². The molecule has 1 fully saturated rings. The molecule has 0 aliphatic carbocycles. The molecule has 0 aromatic heterocycles. The highest BCUT2D eigenvalue weighted by molar-refractivity contribution is 5.76. The number of unbranched alkanes of at least 4 members (excludes halogenated alkanes) is 15. The highest BCUT2D eigenvalue weighted by Gasteiger charge is 2.44. The van der Waals surface area contributed by atoms with Gasteiger partial charge in [0.05, 0.1) is 25.4 Å². The van der Waals surface area contributed by atoms with Gasteiger partial charge in [-0.15, -0.1) is 0 Å². The summed E-state index contributed by atoms with van der Waals surface area (Å²) in [4.78, 5) is 24.7. The van der Waals surface area contributed by atoms with Crippen molar-refractivity contribution in [2.75, 3.05) is 13.2 Å². The first-order valence-electron chi connectivity index (χ1n) is 17.0. The number of hydrogen-bond donors (Lipinski definition) is 6. The molecule has 0 bridgehead atoms. The molecule has 8 unspecified atom stereocenters. The first kappa shape index (κ1) is 39.8. The van der Waals surface area contributed by atoms with Crippen LogP contribution in [0.25, 0.3) is 0 Å². The molecule has 254 valence electrons. The molecule has 1 aliphatic heterocycles. The number of carbonyl (C=O) groups excluding carboxylic acids is 1. The molecule has 0 saturated carbocycles. The van der Waals surface area contributed by atoms with Crippen LogP contribution in [0.5, 0.6) is 0 Å². The summed E-state index contributed by atoms with van der Waals surface area (Å²) >= 11 is 0. The summed E-state index contributed by atoms with van der Waals surface area (Å²) < 4.78 is 11.0. The van der Waals surface area contributed by atoms with Crippen LogP contribution in [0.4, 0.5) is 0 Å². The number of carbonyl (C=O) groups is 1. The molecular formula is C32H62N2O9. The fourth-order valence-corrected chi connectivity index (χ4v) is 5.57. The number of aliphatic hydroxyl groups is 5. The molecule has 11 heteroatoms. The van der Waals surface area contributed by atoms with Crippen molar-refractivity contribution in [3.63, 3.8) is 0 Å². The van der Waals surface area contributed by atoms with Crippen molar-refractivity contribution < 1.29 is 39.8 Å². The molecule has 8 atom stereocenters. The van der Waals surface area contributed by atoms with Crippen LogP contribution < -0.4 is 5.32 Å². The monoisotopic (exact) mass is 618 g/mol. The van der Waals surface area contributed by atoms with E-state index in [9.17, 15) is 35.2 Å². The molecule has 1 saturated heterocycles. The summed E-state index contributed by atoms with van der Waals surface area (Å²) in [5.41, 5.74) is 0. The Morgan fingerprint density at radius 2 is 1.30 bits per heavy atom. The Kier molecular flexibility index (Phi) is 23.2. The van der Waals surface area contributed by atoms with Gasteiger partial charge in [-0.05, 0) is 12.8 Å². The van der Waals surface area contributed by atoms with Gasteiger partial charge >= 0.3 is 0 Å². The van der Waals surface area contributed by atoms with E-state index in [1.807, 2.05) is 0 Å². The molecule has 1 rings (SSSR count). The van der Waals surface area contributed by atoms with Crippen LogP contribution in [0.15, 0.2) is 5.18 Å². The molecule has 43 heavy (non-hydrogen) atoms. The summed E-state index contributed by atoms with van der Waals surface area (Å²) in [7, 11) is 0. The van der Waals surface area contributed by atoms with Crippen molar-refractivity contribution in [2.45, 2.75) is 185 Å². The minimum Gasteiger partial charge on any atom is -0.394 e. The lowest BCUT2D eigenvalue weighted by Crippen LogP contribution is -2.60. The highest BCUT2D eigenvalue weighted by Crippen LogP contribution is 2.23. The van der Waals surface area contributed by atoms with E-state index in [4.69, 9.17) is 9.47 Å². The van der Waals surface area contributed by atoms with Gasteiger partial charge in [-0.1, -0.05) is 122 Å². The van der Waals surface area contributed by atoms with Crippen molar-refractivity contribution in [2.24, 2.45) is 5.18 Å². The van der Waals surface area contributed by atoms with E-state index in [0.29, 0.717) is 12.8 Å². The van der Waals surface area contributed by atoms with Gasteiger partial charge < -0.3 is 40.3 Å². The number of rotatable bonds is 27. The Balaban J connectivity index is 2.61. The first-order chi connectivity index (χ1) is 20.8. The van der Waals surface area contributed by atoms with Gasteiger partial charge in [0, 0.05) is 6.42 Å².